The fourth-order valence-corrected chi connectivity index (χ4v) is 9.41. The Hall–Kier alpha value is -0.103. The molecule has 0 aliphatic carbocycles. The molecular formula is C36H68O8Si. The van der Waals surface area contributed by atoms with Crippen LogP contribution in [0.15, 0.2) is 0 Å². The SMILES string of the molecule is CCCCCC1(CO[Si](OCC2(CCCCC)COC2)(OCC2(CCCCC)COC2)OCC2(CCCCC)COC2)COC1. The van der Waals surface area contributed by atoms with Crippen molar-refractivity contribution in [3.8, 4) is 0 Å². The highest BCUT2D eigenvalue weighted by Crippen LogP contribution is 2.41. The first-order valence-electron chi connectivity index (χ1n) is 18.8. The Morgan fingerprint density at radius 1 is 0.378 bits per heavy atom. The minimum absolute atomic E-state index is 0.0126. The summed E-state index contributed by atoms with van der Waals surface area (Å²) in [5, 5.41) is 0. The van der Waals surface area contributed by atoms with Crippen LogP contribution in [0, 0.1) is 21.7 Å². The van der Waals surface area contributed by atoms with Crippen LogP contribution in [-0.2, 0) is 36.7 Å². The van der Waals surface area contributed by atoms with E-state index < -0.39 is 9.05 Å². The van der Waals surface area contributed by atoms with Gasteiger partial charge in [-0.3, -0.25) is 0 Å². The molecule has 0 saturated carbocycles. The third-order valence-corrected chi connectivity index (χ3v) is 12.7. The summed E-state index contributed by atoms with van der Waals surface area (Å²) in [6.07, 6.45) is 18.9. The molecule has 4 aliphatic rings. The second kappa shape index (κ2) is 18.6. The molecule has 4 aliphatic heterocycles. The molecule has 0 N–H and O–H groups in total. The molecule has 4 rings (SSSR count). The number of hydrogen-bond donors (Lipinski definition) is 0. The topological polar surface area (TPSA) is 73.8 Å². The minimum Gasteiger partial charge on any atom is -0.380 e. The smallest absolute Gasteiger partial charge is 0.380 e. The molecule has 0 unspecified atom stereocenters. The maximum absolute atomic E-state index is 7.01. The van der Waals surface area contributed by atoms with Crippen molar-refractivity contribution in [2.45, 2.75) is 130 Å². The summed E-state index contributed by atoms with van der Waals surface area (Å²) >= 11 is 0. The van der Waals surface area contributed by atoms with E-state index in [9.17, 15) is 0 Å². The normalized spacial score (nSPS) is 22.7. The number of unbranched alkanes of at least 4 members (excludes halogenated alkanes) is 8. The fourth-order valence-electron chi connectivity index (χ4n) is 6.98. The van der Waals surface area contributed by atoms with Gasteiger partial charge in [0.15, 0.2) is 0 Å². The van der Waals surface area contributed by atoms with Crippen LogP contribution in [0.1, 0.15) is 130 Å². The molecule has 0 spiro atoms. The lowest BCUT2D eigenvalue weighted by atomic mass is 9.81. The Bertz CT molecular complexity index is 675. The molecule has 45 heavy (non-hydrogen) atoms. The van der Waals surface area contributed by atoms with Crippen molar-refractivity contribution in [3.05, 3.63) is 0 Å². The van der Waals surface area contributed by atoms with Gasteiger partial charge >= 0.3 is 9.05 Å². The largest absolute Gasteiger partial charge is 0.679 e. The lowest BCUT2D eigenvalue weighted by molar-refractivity contribution is -0.198. The van der Waals surface area contributed by atoms with Crippen molar-refractivity contribution in [1.29, 1.82) is 0 Å². The molecule has 9 heteroatoms. The number of ether oxygens (including phenoxy) is 4. The van der Waals surface area contributed by atoms with Gasteiger partial charge < -0.3 is 36.7 Å². The monoisotopic (exact) mass is 656 g/mol. The van der Waals surface area contributed by atoms with Gasteiger partial charge in [-0.25, -0.2) is 0 Å². The zero-order chi connectivity index (χ0) is 32.0. The van der Waals surface area contributed by atoms with Gasteiger partial charge in [0.2, 0.25) is 0 Å². The molecule has 0 bridgehead atoms. The first-order chi connectivity index (χ1) is 21.9. The lowest BCUT2D eigenvalue weighted by Gasteiger charge is -2.48. The Morgan fingerprint density at radius 2 is 0.600 bits per heavy atom. The summed E-state index contributed by atoms with van der Waals surface area (Å²) in [6, 6.07) is 0. The zero-order valence-corrected chi connectivity index (χ0v) is 30.6. The highest BCUT2D eigenvalue weighted by Gasteiger charge is 2.56. The van der Waals surface area contributed by atoms with Gasteiger partial charge in [0, 0.05) is 21.7 Å². The predicted octanol–water partition coefficient (Wildman–Crippen LogP) is 7.88. The van der Waals surface area contributed by atoms with Gasteiger partial charge in [0.25, 0.3) is 0 Å². The van der Waals surface area contributed by atoms with Crippen LogP contribution in [-0.4, -0.2) is 88.3 Å². The highest BCUT2D eigenvalue weighted by atomic mass is 28.4. The molecule has 8 nitrogen and oxygen atoms in total. The van der Waals surface area contributed by atoms with E-state index in [0.717, 1.165) is 78.5 Å². The number of hydrogen-bond acceptors (Lipinski definition) is 8. The first kappa shape index (κ1) is 37.7. The molecule has 4 saturated heterocycles. The zero-order valence-electron chi connectivity index (χ0n) is 29.6. The summed E-state index contributed by atoms with van der Waals surface area (Å²) in [7, 11) is -3.58. The van der Waals surface area contributed by atoms with E-state index in [0.29, 0.717) is 26.4 Å². The standard InChI is InChI=1S/C36H68O8Si/c1-5-9-13-17-33(21-37-22-33)29-41-45(42-30-34(23-38-24-34)18-14-10-6-2,43-31-35(25-39-26-35)19-15-11-7-3)44-32-36(27-40-28-36)20-16-12-8-4/h5-32H2,1-4H3. The van der Waals surface area contributed by atoms with Crippen molar-refractivity contribution in [2.75, 3.05) is 79.3 Å². The van der Waals surface area contributed by atoms with Crippen molar-refractivity contribution < 1.29 is 36.7 Å². The molecule has 0 aromatic carbocycles. The van der Waals surface area contributed by atoms with Crippen molar-refractivity contribution in [1.82, 2.24) is 0 Å². The lowest BCUT2D eigenvalue weighted by Crippen LogP contribution is -2.61. The van der Waals surface area contributed by atoms with E-state index in [4.69, 9.17) is 36.7 Å². The van der Waals surface area contributed by atoms with E-state index in [1.54, 1.807) is 0 Å². The van der Waals surface area contributed by atoms with Gasteiger partial charge in [0.1, 0.15) is 0 Å². The number of rotatable bonds is 28. The molecule has 0 radical (unpaired) electrons. The third kappa shape index (κ3) is 10.9. The predicted molar refractivity (Wildman–Crippen MR) is 179 cm³/mol. The van der Waals surface area contributed by atoms with Crippen LogP contribution in [0.3, 0.4) is 0 Å². The molecule has 0 aromatic heterocycles. The second-order valence-electron chi connectivity index (χ2n) is 15.5. The molecular weight excluding hydrogens is 588 g/mol. The fraction of sp³-hybridized carbons (Fsp3) is 1.00. The van der Waals surface area contributed by atoms with Crippen LogP contribution < -0.4 is 0 Å². The summed E-state index contributed by atoms with van der Waals surface area (Å²) in [6.45, 7) is 17.1. The molecule has 0 aromatic rings. The summed E-state index contributed by atoms with van der Waals surface area (Å²) in [5.74, 6) is 0. The molecule has 0 amide bonds. The van der Waals surface area contributed by atoms with Crippen molar-refractivity contribution in [3.63, 3.8) is 0 Å². The first-order valence-corrected chi connectivity index (χ1v) is 20.4. The van der Waals surface area contributed by atoms with E-state index in [2.05, 4.69) is 27.7 Å². The van der Waals surface area contributed by atoms with Crippen LogP contribution in [0.4, 0.5) is 0 Å². The third-order valence-electron chi connectivity index (χ3n) is 10.7. The maximum Gasteiger partial charge on any atom is 0.679 e. The summed E-state index contributed by atoms with van der Waals surface area (Å²) in [5.41, 5.74) is 0.0503. The van der Waals surface area contributed by atoms with E-state index in [1.165, 1.54) is 77.0 Å². The van der Waals surface area contributed by atoms with Gasteiger partial charge in [-0.15, -0.1) is 0 Å². The van der Waals surface area contributed by atoms with Crippen LogP contribution in [0.5, 0.6) is 0 Å². The van der Waals surface area contributed by atoms with E-state index >= 15 is 0 Å². The van der Waals surface area contributed by atoms with E-state index in [1.807, 2.05) is 0 Å². The van der Waals surface area contributed by atoms with Gasteiger partial charge in [-0.05, 0) is 25.7 Å². The highest BCUT2D eigenvalue weighted by molar-refractivity contribution is 6.53. The Kier molecular flexibility index (Phi) is 15.6. The Balaban J connectivity index is 1.54. The molecule has 4 heterocycles. The second-order valence-corrected chi connectivity index (χ2v) is 17.6. The Labute approximate surface area is 276 Å². The van der Waals surface area contributed by atoms with Gasteiger partial charge in [0.05, 0.1) is 79.3 Å². The average molecular weight is 657 g/mol. The van der Waals surface area contributed by atoms with E-state index in [-0.39, 0.29) is 21.7 Å². The Morgan fingerprint density at radius 3 is 0.756 bits per heavy atom. The molecule has 264 valence electrons. The van der Waals surface area contributed by atoms with Crippen molar-refractivity contribution >= 4 is 9.05 Å². The van der Waals surface area contributed by atoms with Crippen LogP contribution in [0.2, 0.25) is 0 Å². The van der Waals surface area contributed by atoms with Crippen LogP contribution in [0.25, 0.3) is 0 Å². The quantitative estimate of drug-likeness (QED) is 0.0622. The van der Waals surface area contributed by atoms with Crippen LogP contribution >= 0.6 is 0 Å². The van der Waals surface area contributed by atoms with Crippen molar-refractivity contribution in [2.24, 2.45) is 21.7 Å². The average Bonchev–Trinajstić information content (AvgIpc) is 2.96. The van der Waals surface area contributed by atoms with Gasteiger partial charge in [-0.1, -0.05) is 105 Å². The summed E-state index contributed by atoms with van der Waals surface area (Å²) in [4.78, 5) is 0. The van der Waals surface area contributed by atoms with Gasteiger partial charge in [-0.2, -0.15) is 0 Å². The summed E-state index contributed by atoms with van der Waals surface area (Å²) < 4.78 is 51.2. The maximum atomic E-state index is 7.01. The molecule has 0 atom stereocenters. The molecule has 4 fully saturated rings. The minimum atomic E-state index is -3.58.